The van der Waals surface area contributed by atoms with Crippen LogP contribution in [0.4, 0.5) is 11.8 Å². The highest BCUT2D eigenvalue weighted by molar-refractivity contribution is 5.87. The number of ether oxygens (including phenoxy) is 1. The normalized spacial score (nSPS) is 27.9. The van der Waals surface area contributed by atoms with E-state index in [1.807, 2.05) is 0 Å². The summed E-state index contributed by atoms with van der Waals surface area (Å²) < 4.78 is 8.32. The third-order valence-corrected chi connectivity index (χ3v) is 6.77. The Hall–Kier alpha value is -2.81. The summed E-state index contributed by atoms with van der Waals surface area (Å²) in [6.07, 6.45) is 6.71. The molecule has 0 aromatic carbocycles. The van der Waals surface area contributed by atoms with Crippen LogP contribution in [0, 0.1) is 5.92 Å². The second kappa shape index (κ2) is 5.85. The van der Waals surface area contributed by atoms with E-state index < -0.39 is 5.60 Å². The minimum Gasteiger partial charge on any atom is -0.368 e. The predicted molar refractivity (Wildman–Crippen MR) is 108 cm³/mol. The molecule has 0 radical (unpaired) electrons. The van der Waals surface area contributed by atoms with Crippen LogP contribution in [0.15, 0.2) is 12.4 Å². The largest absolute Gasteiger partial charge is 0.368 e. The molecule has 3 aromatic heterocycles. The van der Waals surface area contributed by atoms with Crippen molar-refractivity contribution in [1.29, 1.82) is 0 Å². The minimum atomic E-state index is -0.409. The average molecular weight is 392 g/mol. The number of fused-ring (bicyclic) bond motifs is 4. The molecule has 2 saturated heterocycles. The monoisotopic (exact) mass is 392 g/mol. The molecule has 29 heavy (non-hydrogen) atoms. The molecule has 3 fully saturated rings. The lowest BCUT2D eigenvalue weighted by molar-refractivity contribution is -0.0694. The lowest BCUT2D eigenvalue weighted by Crippen LogP contribution is -2.35. The first kappa shape index (κ1) is 17.1. The lowest BCUT2D eigenvalue weighted by atomic mass is 9.86. The topological polar surface area (TPSA) is 108 Å². The van der Waals surface area contributed by atoms with Gasteiger partial charge in [-0.1, -0.05) is 6.92 Å². The minimum absolute atomic E-state index is 0.244. The molecule has 0 unspecified atom stereocenters. The molecule has 2 bridgehead atoms. The van der Waals surface area contributed by atoms with Gasteiger partial charge in [-0.15, -0.1) is 0 Å². The Morgan fingerprint density at radius 3 is 2.69 bits per heavy atom. The first-order valence-electron chi connectivity index (χ1n) is 10.3. The molecule has 6 heterocycles. The van der Waals surface area contributed by atoms with Crippen molar-refractivity contribution in [2.45, 2.75) is 51.3 Å². The molecule has 7 rings (SSSR count). The van der Waals surface area contributed by atoms with Crippen molar-refractivity contribution in [2.24, 2.45) is 5.92 Å². The van der Waals surface area contributed by atoms with Gasteiger partial charge >= 0.3 is 0 Å². The van der Waals surface area contributed by atoms with Gasteiger partial charge in [0.2, 0.25) is 5.95 Å². The third-order valence-electron chi connectivity index (χ3n) is 6.77. The zero-order valence-electron chi connectivity index (χ0n) is 16.7. The van der Waals surface area contributed by atoms with Gasteiger partial charge in [-0.25, -0.2) is 24.9 Å². The first-order chi connectivity index (χ1) is 14.1. The number of hydrogen-bond donors (Lipinski definition) is 1. The average Bonchev–Trinajstić information content (AvgIpc) is 3.40. The Bertz CT molecular complexity index is 1100. The van der Waals surface area contributed by atoms with Gasteiger partial charge in [0.15, 0.2) is 22.8 Å². The first-order valence-corrected chi connectivity index (χ1v) is 10.3. The van der Waals surface area contributed by atoms with Crippen LogP contribution in [-0.4, -0.2) is 48.7 Å². The second-order valence-corrected chi connectivity index (χ2v) is 8.54. The Labute approximate surface area is 168 Å². The molecular weight excluding hydrogens is 368 g/mol. The molecule has 2 N–H and O–H groups in total. The van der Waals surface area contributed by atoms with E-state index in [1.54, 1.807) is 12.4 Å². The summed E-state index contributed by atoms with van der Waals surface area (Å²) in [6, 6.07) is 0.557. The molecule has 3 aliphatic heterocycles. The Morgan fingerprint density at radius 1 is 1.21 bits per heavy atom. The Morgan fingerprint density at radius 2 is 2.00 bits per heavy atom. The van der Waals surface area contributed by atoms with Crippen LogP contribution >= 0.6 is 0 Å². The summed E-state index contributed by atoms with van der Waals surface area (Å²) in [5.41, 5.74) is 7.76. The van der Waals surface area contributed by atoms with Crippen molar-refractivity contribution in [1.82, 2.24) is 29.5 Å². The van der Waals surface area contributed by atoms with Gasteiger partial charge in [0.25, 0.3) is 0 Å². The van der Waals surface area contributed by atoms with Crippen LogP contribution in [0.1, 0.15) is 38.9 Å². The SMILES string of the molecule is CC[C@]1(C)OCCn2c1nc1c(N3CC4CC3C4)nc(-c3cnc(N)nc3)nc12. The fourth-order valence-corrected chi connectivity index (χ4v) is 4.86. The van der Waals surface area contributed by atoms with Crippen LogP contribution < -0.4 is 10.6 Å². The molecule has 1 saturated carbocycles. The van der Waals surface area contributed by atoms with Crippen LogP contribution in [0.5, 0.6) is 0 Å². The predicted octanol–water partition coefficient (Wildman–Crippen LogP) is 2.12. The fraction of sp³-hybridized carbons (Fsp3) is 0.550. The third kappa shape index (κ3) is 2.40. The molecule has 0 amide bonds. The number of rotatable bonds is 3. The summed E-state index contributed by atoms with van der Waals surface area (Å²) in [4.78, 5) is 25.6. The van der Waals surface area contributed by atoms with Crippen LogP contribution in [-0.2, 0) is 16.9 Å². The fourth-order valence-electron chi connectivity index (χ4n) is 4.86. The number of anilines is 2. The van der Waals surface area contributed by atoms with E-state index in [-0.39, 0.29) is 5.95 Å². The smallest absolute Gasteiger partial charge is 0.219 e. The Kier molecular flexibility index (Phi) is 3.45. The maximum absolute atomic E-state index is 6.11. The van der Waals surface area contributed by atoms with Crippen LogP contribution in [0.2, 0.25) is 0 Å². The van der Waals surface area contributed by atoms with E-state index in [1.165, 1.54) is 12.8 Å². The number of nitrogens with zero attached hydrogens (tertiary/aromatic N) is 7. The van der Waals surface area contributed by atoms with Crippen molar-refractivity contribution in [3.05, 3.63) is 18.2 Å². The van der Waals surface area contributed by atoms with E-state index in [4.69, 9.17) is 25.4 Å². The summed E-state index contributed by atoms with van der Waals surface area (Å²) >= 11 is 0. The van der Waals surface area contributed by atoms with Gasteiger partial charge in [0.1, 0.15) is 11.4 Å². The summed E-state index contributed by atoms with van der Waals surface area (Å²) in [7, 11) is 0. The van der Waals surface area contributed by atoms with Crippen molar-refractivity contribution in [3.8, 4) is 11.4 Å². The van der Waals surface area contributed by atoms with Gasteiger partial charge in [-0.3, -0.25) is 0 Å². The molecular formula is C20H24N8O. The highest BCUT2D eigenvalue weighted by Gasteiger charge is 2.45. The van der Waals surface area contributed by atoms with Gasteiger partial charge in [0, 0.05) is 31.5 Å². The van der Waals surface area contributed by atoms with Gasteiger partial charge in [0.05, 0.1) is 12.2 Å². The summed E-state index contributed by atoms with van der Waals surface area (Å²) in [6.45, 7) is 6.67. The van der Waals surface area contributed by atoms with Crippen molar-refractivity contribution in [3.63, 3.8) is 0 Å². The number of nitrogen functional groups attached to an aromatic ring is 1. The van der Waals surface area contributed by atoms with E-state index in [9.17, 15) is 0 Å². The van der Waals surface area contributed by atoms with Crippen molar-refractivity contribution < 1.29 is 4.74 Å². The number of hydrogen-bond acceptors (Lipinski definition) is 8. The lowest BCUT2D eigenvalue weighted by Gasteiger charge is -2.33. The van der Waals surface area contributed by atoms with Crippen molar-refractivity contribution in [2.75, 3.05) is 23.8 Å². The number of aromatic nitrogens is 6. The summed E-state index contributed by atoms with van der Waals surface area (Å²) in [5, 5.41) is 0. The highest BCUT2D eigenvalue weighted by Crippen LogP contribution is 2.45. The van der Waals surface area contributed by atoms with E-state index >= 15 is 0 Å². The summed E-state index contributed by atoms with van der Waals surface area (Å²) in [5.74, 6) is 3.49. The van der Waals surface area contributed by atoms with E-state index in [0.29, 0.717) is 18.5 Å². The number of nitrogens with two attached hydrogens (primary N) is 1. The van der Waals surface area contributed by atoms with Crippen molar-refractivity contribution >= 4 is 22.9 Å². The Balaban J connectivity index is 1.60. The van der Waals surface area contributed by atoms with Gasteiger partial charge in [-0.05, 0) is 32.1 Å². The molecule has 1 aliphatic carbocycles. The van der Waals surface area contributed by atoms with Gasteiger partial charge in [-0.2, -0.15) is 0 Å². The molecule has 0 spiro atoms. The standard InChI is InChI=1S/C20H24N8O/c1-3-20(2)18-24-14-16(27(18)4-5-29-20)25-15(12-8-22-19(21)23-9-12)26-17(14)28-10-11-6-13(28)7-11/h8-9,11,13H,3-7,10H2,1-2H3,(H2,21,22,23)/t11?,13?,20-/m0/s1. The maximum atomic E-state index is 6.11. The molecule has 1 atom stereocenters. The van der Waals surface area contributed by atoms with E-state index in [0.717, 1.165) is 53.8 Å². The van der Waals surface area contributed by atoms with Gasteiger partial charge < -0.3 is 19.9 Å². The number of imidazole rings is 1. The van der Waals surface area contributed by atoms with Crippen LogP contribution in [0.25, 0.3) is 22.6 Å². The molecule has 150 valence electrons. The maximum Gasteiger partial charge on any atom is 0.219 e. The molecule has 3 aromatic rings. The molecule has 9 nitrogen and oxygen atoms in total. The highest BCUT2D eigenvalue weighted by atomic mass is 16.5. The van der Waals surface area contributed by atoms with Crippen LogP contribution in [0.3, 0.4) is 0 Å². The second-order valence-electron chi connectivity index (χ2n) is 8.54. The van der Waals surface area contributed by atoms with E-state index in [2.05, 4.69) is 33.3 Å². The zero-order valence-corrected chi connectivity index (χ0v) is 16.7. The zero-order chi connectivity index (χ0) is 19.8. The quantitative estimate of drug-likeness (QED) is 0.722. The molecule has 4 aliphatic rings. The molecule has 9 heteroatoms.